The first-order chi connectivity index (χ1) is 11.2. The van der Waals surface area contributed by atoms with Crippen LogP contribution in [0.4, 0.5) is 13.2 Å². The second-order valence-electron chi connectivity index (χ2n) is 6.00. The van der Waals surface area contributed by atoms with E-state index in [0.29, 0.717) is 30.4 Å². The standard InChI is InChI=1S/C14H17F3N2O4S/c15-14(16,17)24(20,21)19-9-13(10-19)7-12(4-6-23-13)22-8-11-3-1-2-5-18-11/h1-3,5,12H,4,6-10H2. The molecule has 0 radical (unpaired) electrons. The summed E-state index contributed by atoms with van der Waals surface area (Å²) in [6.45, 7) is 0.0372. The summed E-state index contributed by atoms with van der Waals surface area (Å²) in [6, 6.07) is 5.44. The number of alkyl halides is 3. The van der Waals surface area contributed by atoms with Gasteiger partial charge in [-0.15, -0.1) is 0 Å². The van der Waals surface area contributed by atoms with Gasteiger partial charge >= 0.3 is 15.5 Å². The van der Waals surface area contributed by atoms with Crippen molar-refractivity contribution in [3.63, 3.8) is 0 Å². The van der Waals surface area contributed by atoms with Crippen LogP contribution in [0.3, 0.4) is 0 Å². The third-order valence-electron chi connectivity index (χ3n) is 4.20. The minimum Gasteiger partial charge on any atom is -0.372 e. The van der Waals surface area contributed by atoms with E-state index in [0.717, 1.165) is 5.69 Å². The first-order valence-electron chi connectivity index (χ1n) is 7.44. The smallest absolute Gasteiger partial charge is 0.372 e. The van der Waals surface area contributed by atoms with Crippen LogP contribution in [0.2, 0.25) is 0 Å². The highest BCUT2D eigenvalue weighted by Gasteiger charge is 2.59. The van der Waals surface area contributed by atoms with E-state index in [1.165, 1.54) is 0 Å². The molecule has 0 amide bonds. The summed E-state index contributed by atoms with van der Waals surface area (Å²) < 4.78 is 72.1. The molecule has 10 heteroatoms. The third kappa shape index (κ3) is 3.41. The minimum atomic E-state index is -5.29. The Labute approximate surface area is 137 Å². The second kappa shape index (κ2) is 6.25. The lowest BCUT2D eigenvalue weighted by atomic mass is 9.86. The zero-order valence-electron chi connectivity index (χ0n) is 12.7. The third-order valence-corrected chi connectivity index (χ3v) is 5.73. The van der Waals surface area contributed by atoms with Crippen molar-refractivity contribution < 1.29 is 31.1 Å². The van der Waals surface area contributed by atoms with Gasteiger partial charge in [-0.1, -0.05) is 6.07 Å². The maximum atomic E-state index is 12.5. The fourth-order valence-electron chi connectivity index (χ4n) is 2.94. The summed E-state index contributed by atoms with van der Waals surface area (Å²) in [5, 5.41) is 0. The number of pyridine rings is 1. The maximum Gasteiger partial charge on any atom is 0.511 e. The number of sulfonamides is 1. The quantitative estimate of drug-likeness (QED) is 0.811. The maximum absolute atomic E-state index is 12.5. The first-order valence-corrected chi connectivity index (χ1v) is 8.88. The molecule has 0 aliphatic carbocycles. The molecule has 0 bridgehead atoms. The fraction of sp³-hybridized carbons (Fsp3) is 0.643. The average Bonchev–Trinajstić information content (AvgIpc) is 2.50. The van der Waals surface area contributed by atoms with Gasteiger partial charge in [0.25, 0.3) is 0 Å². The van der Waals surface area contributed by atoms with E-state index < -0.39 is 21.1 Å². The second-order valence-corrected chi connectivity index (χ2v) is 7.93. The number of nitrogens with zero attached hydrogens (tertiary/aromatic N) is 2. The number of aromatic nitrogens is 1. The van der Waals surface area contributed by atoms with Gasteiger partial charge in [-0.3, -0.25) is 4.98 Å². The SMILES string of the molecule is O=S(=O)(N1CC2(CC(OCc3ccccn3)CCO2)C1)C(F)(F)F. The van der Waals surface area contributed by atoms with Crippen molar-refractivity contribution in [2.75, 3.05) is 19.7 Å². The Balaban J connectivity index is 1.56. The van der Waals surface area contributed by atoms with Crippen molar-refractivity contribution in [3.05, 3.63) is 30.1 Å². The summed E-state index contributed by atoms with van der Waals surface area (Å²) in [5.41, 5.74) is -5.41. The van der Waals surface area contributed by atoms with Gasteiger partial charge in [0.2, 0.25) is 0 Å². The summed E-state index contributed by atoms with van der Waals surface area (Å²) >= 11 is 0. The fourth-order valence-corrected chi connectivity index (χ4v) is 4.05. The summed E-state index contributed by atoms with van der Waals surface area (Å²) in [7, 11) is -5.29. The molecule has 3 heterocycles. The lowest BCUT2D eigenvalue weighted by Gasteiger charge is -2.51. The van der Waals surface area contributed by atoms with Crippen LogP contribution in [0.25, 0.3) is 0 Å². The number of hydrogen-bond donors (Lipinski definition) is 0. The van der Waals surface area contributed by atoms with Gasteiger partial charge in [-0.2, -0.15) is 17.5 Å². The van der Waals surface area contributed by atoms with E-state index in [2.05, 4.69) is 4.98 Å². The molecule has 2 fully saturated rings. The number of hydrogen-bond acceptors (Lipinski definition) is 5. The van der Waals surface area contributed by atoms with E-state index in [4.69, 9.17) is 9.47 Å². The van der Waals surface area contributed by atoms with Crippen molar-refractivity contribution in [1.29, 1.82) is 0 Å². The molecule has 6 nitrogen and oxygen atoms in total. The summed E-state index contributed by atoms with van der Waals surface area (Å²) in [4.78, 5) is 4.14. The molecule has 1 spiro atoms. The molecule has 0 aromatic carbocycles. The van der Waals surface area contributed by atoms with Crippen LogP contribution < -0.4 is 0 Å². The van der Waals surface area contributed by atoms with Crippen LogP contribution in [0.5, 0.6) is 0 Å². The molecule has 3 rings (SSSR count). The predicted octanol–water partition coefficient (Wildman–Crippen LogP) is 1.68. The monoisotopic (exact) mass is 366 g/mol. The zero-order valence-corrected chi connectivity index (χ0v) is 13.5. The molecule has 1 aromatic heterocycles. The summed E-state index contributed by atoms with van der Waals surface area (Å²) in [5.74, 6) is 0. The Kier molecular flexibility index (Phi) is 4.58. The normalized spacial score (nSPS) is 24.7. The van der Waals surface area contributed by atoms with Gasteiger partial charge in [0.15, 0.2) is 0 Å². The molecule has 0 N–H and O–H groups in total. The molecule has 0 saturated carbocycles. The Morgan fingerprint density at radius 2 is 2.12 bits per heavy atom. The van der Waals surface area contributed by atoms with E-state index in [-0.39, 0.29) is 19.2 Å². The van der Waals surface area contributed by atoms with E-state index in [1.807, 2.05) is 12.1 Å². The van der Waals surface area contributed by atoms with Gasteiger partial charge in [0, 0.05) is 32.3 Å². The van der Waals surface area contributed by atoms with Crippen LogP contribution in [0.1, 0.15) is 18.5 Å². The predicted molar refractivity (Wildman–Crippen MR) is 77.3 cm³/mol. The van der Waals surface area contributed by atoms with Gasteiger partial charge in [0.1, 0.15) is 0 Å². The lowest BCUT2D eigenvalue weighted by Crippen LogP contribution is -2.68. The topological polar surface area (TPSA) is 68.7 Å². The highest BCUT2D eigenvalue weighted by molar-refractivity contribution is 7.90. The Bertz CT molecular complexity index is 675. The van der Waals surface area contributed by atoms with E-state index in [1.54, 1.807) is 12.3 Å². The van der Waals surface area contributed by atoms with Gasteiger partial charge in [0.05, 0.1) is 24.0 Å². The van der Waals surface area contributed by atoms with Crippen LogP contribution >= 0.6 is 0 Å². The minimum absolute atomic E-state index is 0.198. The molecule has 2 aliphatic heterocycles. The van der Waals surface area contributed by atoms with Crippen LogP contribution in [0.15, 0.2) is 24.4 Å². The van der Waals surface area contributed by atoms with Gasteiger partial charge in [-0.25, -0.2) is 8.42 Å². The number of rotatable bonds is 4. The number of ether oxygens (including phenoxy) is 2. The first kappa shape index (κ1) is 17.6. The van der Waals surface area contributed by atoms with Crippen molar-refractivity contribution in [2.45, 2.75) is 36.7 Å². The van der Waals surface area contributed by atoms with Crippen LogP contribution in [0, 0.1) is 0 Å². The van der Waals surface area contributed by atoms with Crippen LogP contribution in [-0.2, 0) is 26.1 Å². The molecular formula is C14H17F3N2O4S. The number of halogens is 3. The average molecular weight is 366 g/mol. The highest BCUT2D eigenvalue weighted by atomic mass is 32.2. The molecule has 134 valence electrons. The Morgan fingerprint density at radius 3 is 2.75 bits per heavy atom. The van der Waals surface area contributed by atoms with Crippen molar-refractivity contribution in [2.24, 2.45) is 0 Å². The zero-order chi connectivity index (χ0) is 17.4. The molecular weight excluding hydrogens is 349 g/mol. The van der Waals surface area contributed by atoms with E-state index >= 15 is 0 Å². The highest BCUT2D eigenvalue weighted by Crippen LogP contribution is 2.40. The summed E-state index contributed by atoms with van der Waals surface area (Å²) in [6.07, 6.45) is 2.43. The molecule has 1 atom stereocenters. The van der Waals surface area contributed by atoms with Crippen molar-refractivity contribution in [3.8, 4) is 0 Å². The molecule has 1 unspecified atom stereocenters. The Morgan fingerprint density at radius 1 is 1.38 bits per heavy atom. The molecule has 2 saturated heterocycles. The molecule has 24 heavy (non-hydrogen) atoms. The lowest BCUT2D eigenvalue weighted by molar-refractivity contribution is -0.183. The molecule has 1 aromatic rings. The van der Waals surface area contributed by atoms with Crippen LogP contribution in [-0.4, -0.2) is 54.6 Å². The van der Waals surface area contributed by atoms with Gasteiger partial charge in [-0.05, 0) is 18.6 Å². The molecule has 2 aliphatic rings. The Hall–Kier alpha value is -1.23. The van der Waals surface area contributed by atoms with Gasteiger partial charge < -0.3 is 9.47 Å². The largest absolute Gasteiger partial charge is 0.511 e. The van der Waals surface area contributed by atoms with Crippen molar-refractivity contribution >= 4 is 10.0 Å². The van der Waals surface area contributed by atoms with Crippen molar-refractivity contribution in [1.82, 2.24) is 9.29 Å². The van der Waals surface area contributed by atoms with E-state index in [9.17, 15) is 21.6 Å².